The quantitative estimate of drug-likeness (QED) is 0.666. The first-order valence-electron chi connectivity index (χ1n) is 7.38. The Morgan fingerprint density at radius 1 is 1.00 bits per heavy atom. The minimum atomic E-state index is -4.43. The van der Waals surface area contributed by atoms with E-state index in [2.05, 4.69) is 0 Å². The van der Waals surface area contributed by atoms with Gasteiger partial charge in [0.25, 0.3) is 7.37 Å². The third-order valence-corrected chi connectivity index (χ3v) is 5.58. The van der Waals surface area contributed by atoms with Crippen LogP contribution in [0.5, 0.6) is 0 Å². The number of hydrogen-bond donors (Lipinski definition) is 0. The molecule has 0 aliphatic heterocycles. The fourth-order valence-corrected chi connectivity index (χ4v) is 3.86. The molecule has 2 rings (SSSR count). The summed E-state index contributed by atoms with van der Waals surface area (Å²) in [7, 11) is -3.37. The maximum absolute atomic E-state index is 12.9. The van der Waals surface area contributed by atoms with Gasteiger partial charge >= 0.3 is 6.18 Å². The fraction of sp³-hybridized carbons (Fsp3) is 0.294. The van der Waals surface area contributed by atoms with E-state index in [1.54, 1.807) is 6.92 Å². The molecule has 0 N–H and O–H groups in total. The Morgan fingerprint density at radius 2 is 1.62 bits per heavy atom. The van der Waals surface area contributed by atoms with Gasteiger partial charge in [-0.15, -0.1) is 0 Å². The van der Waals surface area contributed by atoms with E-state index in [1.807, 2.05) is 30.3 Å². The Morgan fingerprint density at radius 3 is 2.17 bits per heavy atom. The molecule has 0 saturated heterocycles. The van der Waals surface area contributed by atoms with Crippen LogP contribution in [0.3, 0.4) is 0 Å². The molecule has 0 aromatic heterocycles. The Kier molecular flexibility index (Phi) is 6.21. The van der Waals surface area contributed by atoms with Gasteiger partial charge in [0.05, 0.1) is 18.8 Å². The van der Waals surface area contributed by atoms with Crippen molar-refractivity contribution in [3.8, 4) is 0 Å². The van der Waals surface area contributed by atoms with Gasteiger partial charge in [-0.1, -0.05) is 30.3 Å². The highest BCUT2D eigenvalue weighted by molar-refractivity contribution is 7.66. The summed E-state index contributed by atoms with van der Waals surface area (Å²) >= 11 is 0. The zero-order valence-corrected chi connectivity index (χ0v) is 14.0. The van der Waals surface area contributed by atoms with E-state index in [0.29, 0.717) is 0 Å². The smallest absolute Gasteiger partial charge is 0.366 e. The highest BCUT2D eigenvalue weighted by Crippen LogP contribution is 2.46. The van der Waals surface area contributed by atoms with E-state index in [4.69, 9.17) is 9.26 Å². The van der Waals surface area contributed by atoms with E-state index in [0.717, 1.165) is 17.7 Å². The number of benzene rings is 2. The molecule has 0 spiro atoms. The standard InChI is InChI=1S/C17H18F3O3P/c1-2-23-24(21,13-22-12-14-6-4-3-5-7-14)16-10-8-15(9-11-16)17(18,19)20/h3-11H,2,12-13H2,1H3. The second-order valence-electron chi connectivity index (χ2n) is 5.10. The van der Waals surface area contributed by atoms with Crippen molar-refractivity contribution >= 4 is 12.7 Å². The molecular weight excluding hydrogens is 340 g/mol. The Labute approximate surface area is 138 Å². The van der Waals surface area contributed by atoms with Crippen molar-refractivity contribution in [1.82, 2.24) is 0 Å². The van der Waals surface area contributed by atoms with Crippen LogP contribution in [-0.4, -0.2) is 13.0 Å². The molecule has 0 saturated carbocycles. The number of ether oxygens (including phenoxy) is 1. The van der Waals surface area contributed by atoms with Gasteiger partial charge in [0.2, 0.25) is 0 Å². The lowest BCUT2D eigenvalue weighted by Gasteiger charge is -2.19. The minimum absolute atomic E-state index is 0.174. The maximum Gasteiger partial charge on any atom is 0.416 e. The van der Waals surface area contributed by atoms with Crippen LogP contribution in [0.25, 0.3) is 0 Å². The summed E-state index contributed by atoms with van der Waals surface area (Å²) in [6, 6.07) is 13.5. The zero-order chi connectivity index (χ0) is 17.6. The second-order valence-corrected chi connectivity index (χ2v) is 7.48. The van der Waals surface area contributed by atoms with Crippen molar-refractivity contribution in [3.05, 3.63) is 65.7 Å². The number of rotatable bonds is 7. The molecule has 24 heavy (non-hydrogen) atoms. The van der Waals surface area contributed by atoms with Crippen LogP contribution >= 0.6 is 7.37 Å². The van der Waals surface area contributed by atoms with E-state index in [9.17, 15) is 17.7 Å². The summed E-state index contributed by atoms with van der Waals surface area (Å²) in [5.74, 6) is 0. The summed E-state index contributed by atoms with van der Waals surface area (Å²) in [5, 5.41) is 0.213. The number of hydrogen-bond acceptors (Lipinski definition) is 3. The predicted octanol–water partition coefficient (Wildman–Crippen LogP) is 4.82. The summed E-state index contributed by atoms with van der Waals surface area (Å²) in [5.41, 5.74) is 0.118. The van der Waals surface area contributed by atoms with Crippen molar-refractivity contribution in [2.75, 3.05) is 13.0 Å². The van der Waals surface area contributed by atoms with Crippen LogP contribution < -0.4 is 5.30 Å². The van der Waals surface area contributed by atoms with Crippen molar-refractivity contribution in [1.29, 1.82) is 0 Å². The van der Waals surface area contributed by atoms with Gasteiger partial charge in [-0.25, -0.2) is 0 Å². The molecule has 0 aliphatic carbocycles. The van der Waals surface area contributed by atoms with Gasteiger partial charge in [-0.05, 0) is 36.8 Å². The van der Waals surface area contributed by atoms with Crippen molar-refractivity contribution < 1.29 is 27.0 Å². The first-order valence-corrected chi connectivity index (χ1v) is 9.19. The van der Waals surface area contributed by atoms with Crippen LogP contribution in [0, 0.1) is 0 Å². The molecule has 0 bridgehead atoms. The molecule has 3 nitrogen and oxygen atoms in total. The van der Waals surface area contributed by atoms with Gasteiger partial charge in [0, 0.05) is 5.30 Å². The van der Waals surface area contributed by atoms with E-state index in [1.165, 1.54) is 12.1 Å². The van der Waals surface area contributed by atoms with Gasteiger partial charge in [-0.3, -0.25) is 4.57 Å². The van der Waals surface area contributed by atoms with Crippen LogP contribution in [0.2, 0.25) is 0 Å². The Hall–Kier alpha value is -1.62. The SMILES string of the molecule is CCOP(=O)(COCc1ccccc1)c1ccc(C(F)(F)F)cc1. The van der Waals surface area contributed by atoms with Crippen LogP contribution in [-0.2, 0) is 26.6 Å². The molecule has 130 valence electrons. The topological polar surface area (TPSA) is 35.5 Å². The molecule has 2 aromatic rings. The molecular formula is C17H18F3O3P. The van der Waals surface area contributed by atoms with Crippen LogP contribution in [0.1, 0.15) is 18.1 Å². The van der Waals surface area contributed by atoms with E-state index in [-0.39, 0.29) is 24.9 Å². The zero-order valence-electron chi connectivity index (χ0n) is 13.1. The maximum atomic E-state index is 12.9. The van der Waals surface area contributed by atoms with Gasteiger partial charge in [-0.2, -0.15) is 13.2 Å². The fourth-order valence-electron chi connectivity index (χ4n) is 2.13. The third-order valence-electron chi connectivity index (χ3n) is 3.30. The van der Waals surface area contributed by atoms with E-state index < -0.39 is 19.1 Å². The van der Waals surface area contributed by atoms with Gasteiger partial charge in [0.15, 0.2) is 0 Å². The van der Waals surface area contributed by atoms with E-state index >= 15 is 0 Å². The molecule has 0 radical (unpaired) electrons. The monoisotopic (exact) mass is 358 g/mol. The van der Waals surface area contributed by atoms with Crippen molar-refractivity contribution in [2.24, 2.45) is 0 Å². The van der Waals surface area contributed by atoms with Crippen molar-refractivity contribution in [3.63, 3.8) is 0 Å². The molecule has 1 unspecified atom stereocenters. The lowest BCUT2D eigenvalue weighted by Crippen LogP contribution is -2.14. The average molecular weight is 358 g/mol. The number of alkyl halides is 3. The molecule has 0 amide bonds. The van der Waals surface area contributed by atoms with Crippen LogP contribution in [0.4, 0.5) is 13.2 Å². The molecule has 2 aromatic carbocycles. The van der Waals surface area contributed by atoms with Crippen molar-refractivity contribution in [2.45, 2.75) is 19.7 Å². The van der Waals surface area contributed by atoms with Gasteiger partial charge < -0.3 is 9.26 Å². The van der Waals surface area contributed by atoms with Crippen LogP contribution in [0.15, 0.2) is 54.6 Å². The third kappa shape index (κ3) is 4.94. The summed E-state index contributed by atoms with van der Waals surface area (Å²) in [6.07, 6.45) is -4.63. The first kappa shape index (κ1) is 18.7. The molecule has 0 fully saturated rings. The largest absolute Gasteiger partial charge is 0.416 e. The average Bonchev–Trinajstić information content (AvgIpc) is 2.55. The summed E-state index contributed by atoms with van der Waals surface area (Å²) in [6.45, 7) is 2.10. The summed E-state index contributed by atoms with van der Waals surface area (Å²) < 4.78 is 61.6. The number of halogens is 3. The Bertz CT molecular complexity index is 684. The highest BCUT2D eigenvalue weighted by atomic mass is 31.2. The first-order chi connectivity index (χ1) is 11.3. The second kappa shape index (κ2) is 7.97. The summed E-state index contributed by atoms with van der Waals surface area (Å²) in [4.78, 5) is 0. The Balaban J connectivity index is 2.10. The molecule has 0 heterocycles. The lowest BCUT2D eigenvalue weighted by atomic mass is 10.2. The molecule has 0 aliphatic rings. The normalized spacial score (nSPS) is 14.3. The molecule has 7 heteroatoms. The van der Waals surface area contributed by atoms with Gasteiger partial charge in [0.1, 0.15) is 6.35 Å². The minimum Gasteiger partial charge on any atom is -0.366 e. The lowest BCUT2D eigenvalue weighted by molar-refractivity contribution is -0.137. The predicted molar refractivity (Wildman–Crippen MR) is 86.4 cm³/mol. The molecule has 1 atom stereocenters. The highest BCUT2D eigenvalue weighted by Gasteiger charge is 2.32.